The van der Waals surface area contributed by atoms with Crippen molar-refractivity contribution < 1.29 is 52.7 Å². The van der Waals surface area contributed by atoms with E-state index >= 15 is 0 Å². The Balaban J connectivity index is 3.27. The van der Waals surface area contributed by atoms with Crippen molar-refractivity contribution in [2.45, 2.75) is 58.9 Å². The monoisotopic (exact) mass is 513 g/mol. The Morgan fingerprint density at radius 1 is 0.806 bits per heavy atom. The average molecular weight is 514 g/mol. The molecule has 0 saturated heterocycles. The van der Waals surface area contributed by atoms with Crippen molar-refractivity contribution in [2.75, 3.05) is 26.4 Å². The second-order valence-electron chi connectivity index (χ2n) is 7.88. The molecule has 0 fully saturated rings. The topological polar surface area (TPSA) is 170 Å². The highest BCUT2D eigenvalue weighted by Crippen LogP contribution is 2.36. The maximum absolute atomic E-state index is 12.1. The van der Waals surface area contributed by atoms with Gasteiger partial charge in [0.25, 0.3) is 0 Å². The van der Waals surface area contributed by atoms with Crippen LogP contribution in [0.15, 0.2) is 18.2 Å². The van der Waals surface area contributed by atoms with Gasteiger partial charge >= 0.3 is 24.4 Å². The Kier molecular flexibility index (Phi) is 13.7. The molecule has 0 radical (unpaired) electrons. The summed E-state index contributed by atoms with van der Waals surface area (Å²) in [5, 5.41) is 9.58. The molecule has 0 spiro atoms. The molecule has 1 aromatic carbocycles. The number of carbonyl (C=O) groups excluding carboxylic acids is 3. The van der Waals surface area contributed by atoms with Crippen LogP contribution in [0.5, 0.6) is 11.5 Å². The summed E-state index contributed by atoms with van der Waals surface area (Å²) in [5.74, 6) is -3.14. The van der Waals surface area contributed by atoms with Gasteiger partial charge in [0.15, 0.2) is 11.5 Å². The SMILES string of the molecule is CCCOC(=O)OCC(C)C(c1ccc(OC(=O)OCCC)c(OC(=O)OCCC)c1)[C@H](N)C(=O)O. The molecular formula is C24H35NO11. The first kappa shape index (κ1) is 30.5. The predicted molar refractivity (Wildman–Crippen MR) is 126 cm³/mol. The number of carboxylic acid groups (broad SMARTS) is 1. The fraction of sp³-hybridized carbons (Fsp3) is 0.583. The molecular weight excluding hydrogens is 478 g/mol. The molecule has 0 aliphatic rings. The van der Waals surface area contributed by atoms with Crippen molar-refractivity contribution in [2.24, 2.45) is 11.7 Å². The number of ether oxygens (including phenoxy) is 6. The summed E-state index contributed by atoms with van der Waals surface area (Å²) in [6, 6.07) is 2.69. The lowest BCUT2D eigenvalue weighted by atomic mass is 9.82. The third-order valence-electron chi connectivity index (χ3n) is 4.76. The van der Waals surface area contributed by atoms with E-state index in [-0.39, 0.29) is 37.9 Å². The Bertz CT molecular complexity index is 874. The zero-order chi connectivity index (χ0) is 27.1. The summed E-state index contributed by atoms with van der Waals surface area (Å²) >= 11 is 0. The van der Waals surface area contributed by atoms with Gasteiger partial charge in [-0.3, -0.25) is 4.79 Å². The van der Waals surface area contributed by atoms with Crippen LogP contribution in [0, 0.1) is 5.92 Å². The van der Waals surface area contributed by atoms with Crippen LogP contribution in [-0.4, -0.2) is 62.0 Å². The Hall–Kier alpha value is -3.54. The highest BCUT2D eigenvalue weighted by atomic mass is 16.7. The molecule has 1 rings (SSSR count). The van der Waals surface area contributed by atoms with Gasteiger partial charge in [-0.25, -0.2) is 14.4 Å². The Morgan fingerprint density at radius 2 is 1.31 bits per heavy atom. The predicted octanol–water partition coefficient (Wildman–Crippen LogP) is 4.23. The first-order valence-corrected chi connectivity index (χ1v) is 11.8. The van der Waals surface area contributed by atoms with Crippen LogP contribution in [0.25, 0.3) is 0 Å². The Morgan fingerprint density at radius 3 is 1.81 bits per heavy atom. The van der Waals surface area contributed by atoms with Crippen LogP contribution < -0.4 is 15.2 Å². The average Bonchev–Trinajstić information content (AvgIpc) is 2.85. The molecule has 0 heterocycles. The number of hydrogen-bond acceptors (Lipinski definition) is 11. The molecule has 0 aromatic heterocycles. The Labute approximate surface area is 209 Å². The van der Waals surface area contributed by atoms with Crippen molar-refractivity contribution in [3.05, 3.63) is 23.8 Å². The minimum Gasteiger partial charge on any atom is -0.480 e. The molecule has 0 amide bonds. The van der Waals surface area contributed by atoms with E-state index in [0.29, 0.717) is 24.8 Å². The third-order valence-corrected chi connectivity index (χ3v) is 4.76. The maximum Gasteiger partial charge on any atom is 0.513 e. The lowest BCUT2D eigenvalue weighted by molar-refractivity contribution is -0.139. The van der Waals surface area contributed by atoms with Gasteiger partial charge < -0.3 is 39.3 Å². The van der Waals surface area contributed by atoms with Gasteiger partial charge in [0.1, 0.15) is 6.04 Å². The second-order valence-corrected chi connectivity index (χ2v) is 7.88. The third kappa shape index (κ3) is 10.4. The standard InChI is InChI=1S/C24H35NO11/c1-5-10-31-22(28)34-14-15(4)19(20(25)21(26)27)16-8-9-17(35-23(29)32-11-6-2)18(13-16)36-24(30)33-12-7-3/h8-9,13,15,19-20H,5-7,10-12,14,25H2,1-4H3,(H,26,27)/t15?,19?,20-/m0/s1. The number of carboxylic acids is 1. The van der Waals surface area contributed by atoms with Crippen LogP contribution in [0.2, 0.25) is 0 Å². The highest BCUT2D eigenvalue weighted by Gasteiger charge is 2.33. The van der Waals surface area contributed by atoms with E-state index in [1.54, 1.807) is 20.8 Å². The number of carbonyl (C=O) groups is 4. The smallest absolute Gasteiger partial charge is 0.480 e. The van der Waals surface area contributed by atoms with E-state index in [1.165, 1.54) is 18.2 Å². The lowest BCUT2D eigenvalue weighted by Crippen LogP contribution is -2.40. The molecule has 0 aliphatic carbocycles. The van der Waals surface area contributed by atoms with Gasteiger partial charge in [-0.1, -0.05) is 33.8 Å². The van der Waals surface area contributed by atoms with Gasteiger partial charge in [0.2, 0.25) is 0 Å². The first-order chi connectivity index (χ1) is 17.1. The van der Waals surface area contributed by atoms with E-state index in [0.717, 1.165) is 0 Å². The second kappa shape index (κ2) is 16.2. The zero-order valence-corrected chi connectivity index (χ0v) is 21.0. The minimum atomic E-state index is -1.41. The maximum atomic E-state index is 12.1. The van der Waals surface area contributed by atoms with Crippen molar-refractivity contribution in [1.82, 2.24) is 0 Å². The van der Waals surface area contributed by atoms with Gasteiger partial charge in [0.05, 0.1) is 26.4 Å². The molecule has 202 valence electrons. The number of hydrogen-bond donors (Lipinski definition) is 2. The summed E-state index contributed by atoms with van der Waals surface area (Å²) in [6.45, 7) is 7.29. The first-order valence-electron chi connectivity index (χ1n) is 11.8. The minimum absolute atomic E-state index is 0.0995. The quantitative estimate of drug-likeness (QED) is 0.206. The van der Waals surface area contributed by atoms with Crippen LogP contribution in [-0.2, 0) is 23.7 Å². The van der Waals surface area contributed by atoms with Crippen molar-refractivity contribution in [3.8, 4) is 11.5 Å². The number of nitrogens with two attached hydrogens (primary N) is 1. The summed E-state index contributed by atoms with van der Waals surface area (Å²) in [6.07, 6.45) is -1.21. The molecule has 0 bridgehead atoms. The highest BCUT2D eigenvalue weighted by molar-refractivity contribution is 5.75. The van der Waals surface area contributed by atoms with Crippen molar-refractivity contribution in [1.29, 1.82) is 0 Å². The fourth-order valence-electron chi connectivity index (χ4n) is 3.08. The summed E-state index contributed by atoms with van der Waals surface area (Å²) in [7, 11) is 0. The molecule has 36 heavy (non-hydrogen) atoms. The molecule has 1 aromatic rings. The van der Waals surface area contributed by atoms with Crippen molar-refractivity contribution >= 4 is 24.4 Å². The van der Waals surface area contributed by atoms with Gasteiger partial charge in [-0.05, 0) is 42.9 Å². The lowest BCUT2D eigenvalue weighted by Gasteiger charge is -2.27. The van der Waals surface area contributed by atoms with E-state index in [9.17, 15) is 24.3 Å². The molecule has 0 aliphatic heterocycles. The zero-order valence-electron chi connectivity index (χ0n) is 21.0. The van der Waals surface area contributed by atoms with Crippen LogP contribution in [0.3, 0.4) is 0 Å². The largest absolute Gasteiger partial charge is 0.513 e. The number of rotatable bonds is 14. The molecule has 3 N–H and O–H groups in total. The summed E-state index contributed by atoms with van der Waals surface area (Å²) in [5.41, 5.74) is 6.29. The van der Waals surface area contributed by atoms with E-state index < -0.39 is 42.3 Å². The van der Waals surface area contributed by atoms with E-state index in [2.05, 4.69) is 0 Å². The number of benzene rings is 1. The van der Waals surface area contributed by atoms with E-state index in [1.807, 2.05) is 6.92 Å². The van der Waals surface area contributed by atoms with Gasteiger partial charge in [-0.15, -0.1) is 0 Å². The van der Waals surface area contributed by atoms with Crippen LogP contribution >= 0.6 is 0 Å². The van der Waals surface area contributed by atoms with Gasteiger partial charge in [-0.2, -0.15) is 0 Å². The van der Waals surface area contributed by atoms with Gasteiger partial charge in [0, 0.05) is 5.92 Å². The van der Waals surface area contributed by atoms with Crippen LogP contribution in [0.4, 0.5) is 14.4 Å². The summed E-state index contributed by atoms with van der Waals surface area (Å²) < 4.78 is 30.1. The van der Waals surface area contributed by atoms with E-state index in [4.69, 9.17) is 34.2 Å². The fourth-order valence-corrected chi connectivity index (χ4v) is 3.08. The molecule has 12 nitrogen and oxygen atoms in total. The van der Waals surface area contributed by atoms with Crippen molar-refractivity contribution in [3.63, 3.8) is 0 Å². The molecule has 3 atom stereocenters. The molecule has 0 saturated carbocycles. The van der Waals surface area contributed by atoms with Crippen LogP contribution in [0.1, 0.15) is 58.4 Å². The normalized spacial score (nSPS) is 13.0. The number of aliphatic carboxylic acids is 1. The summed E-state index contributed by atoms with van der Waals surface area (Å²) in [4.78, 5) is 47.5. The molecule has 2 unspecified atom stereocenters. The molecule has 12 heteroatoms.